The predicted octanol–water partition coefficient (Wildman–Crippen LogP) is 1.78. The molecule has 2 rings (SSSR count). The summed E-state index contributed by atoms with van der Waals surface area (Å²) in [4.78, 5) is 23.5. The molecular formula is C13H19NO2. The predicted molar refractivity (Wildman–Crippen MR) is 61.8 cm³/mol. The molecule has 1 aliphatic heterocycles. The highest BCUT2D eigenvalue weighted by atomic mass is 16.2. The molecule has 0 N–H and O–H groups in total. The molecule has 1 saturated heterocycles. The van der Waals surface area contributed by atoms with Crippen molar-refractivity contribution in [1.29, 1.82) is 0 Å². The summed E-state index contributed by atoms with van der Waals surface area (Å²) >= 11 is 0. The van der Waals surface area contributed by atoms with Crippen molar-refractivity contribution < 1.29 is 9.59 Å². The van der Waals surface area contributed by atoms with Crippen LogP contribution in [-0.4, -0.2) is 30.2 Å². The monoisotopic (exact) mass is 221 g/mol. The molecule has 0 aromatic carbocycles. The molecule has 2 aliphatic rings. The third-order valence-electron chi connectivity index (χ3n) is 4.06. The molecule has 88 valence electrons. The van der Waals surface area contributed by atoms with Crippen LogP contribution in [-0.2, 0) is 9.59 Å². The molecule has 0 aromatic rings. The SMILES string of the molecule is CC1(C)CCC=C2CN(C(=O)C=O)CC[C@H]21. The maximum atomic E-state index is 11.3. The van der Waals surface area contributed by atoms with E-state index < -0.39 is 0 Å². The molecule has 1 aliphatic carbocycles. The van der Waals surface area contributed by atoms with Crippen LogP contribution >= 0.6 is 0 Å². The van der Waals surface area contributed by atoms with Crippen LogP contribution in [0.3, 0.4) is 0 Å². The van der Waals surface area contributed by atoms with Gasteiger partial charge in [0.2, 0.25) is 6.29 Å². The minimum absolute atomic E-state index is 0.348. The van der Waals surface area contributed by atoms with Gasteiger partial charge in [-0.05, 0) is 30.6 Å². The highest BCUT2D eigenvalue weighted by Gasteiger charge is 2.38. The summed E-state index contributed by atoms with van der Waals surface area (Å²) in [6.45, 7) is 6.00. The number of fused-ring (bicyclic) bond motifs is 1. The molecule has 3 nitrogen and oxygen atoms in total. The van der Waals surface area contributed by atoms with Gasteiger partial charge >= 0.3 is 0 Å². The molecule has 1 atom stereocenters. The van der Waals surface area contributed by atoms with Crippen LogP contribution in [0.15, 0.2) is 11.6 Å². The highest BCUT2D eigenvalue weighted by molar-refractivity contribution is 6.23. The number of hydrogen-bond donors (Lipinski definition) is 0. The van der Waals surface area contributed by atoms with Crippen molar-refractivity contribution in [1.82, 2.24) is 4.90 Å². The summed E-state index contributed by atoms with van der Waals surface area (Å²) < 4.78 is 0. The Bertz CT molecular complexity index is 344. The lowest BCUT2D eigenvalue weighted by molar-refractivity contribution is -0.139. The molecule has 1 fully saturated rings. The lowest BCUT2D eigenvalue weighted by Crippen LogP contribution is -2.45. The van der Waals surface area contributed by atoms with Crippen molar-refractivity contribution in [3.8, 4) is 0 Å². The second-order valence-electron chi connectivity index (χ2n) is 5.53. The normalized spacial score (nSPS) is 28.0. The van der Waals surface area contributed by atoms with Gasteiger partial charge in [-0.15, -0.1) is 0 Å². The van der Waals surface area contributed by atoms with E-state index in [0.717, 1.165) is 19.4 Å². The number of rotatable bonds is 1. The molecule has 3 heteroatoms. The Balaban J connectivity index is 2.14. The fourth-order valence-electron chi connectivity index (χ4n) is 3.05. The number of amides is 1. The number of nitrogens with zero attached hydrogens (tertiary/aromatic N) is 1. The summed E-state index contributed by atoms with van der Waals surface area (Å²) in [6.07, 6.45) is 6.01. The summed E-state index contributed by atoms with van der Waals surface area (Å²) in [5.74, 6) is 0.222. The van der Waals surface area contributed by atoms with Crippen LogP contribution in [0, 0.1) is 11.3 Å². The van der Waals surface area contributed by atoms with Gasteiger partial charge in [0.25, 0.3) is 5.91 Å². The largest absolute Gasteiger partial charge is 0.332 e. The average molecular weight is 221 g/mol. The third kappa shape index (κ3) is 1.91. The van der Waals surface area contributed by atoms with Crippen molar-refractivity contribution in [2.24, 2.45) is 11.3 Å². The van der Waals surface area contributed by atoms with E-state index in [4.69, 9.17) is 0 Å². The van der Waals surface area contributed by atoms with Crippen LogP contribution in [0.5, 0.6) is 0 Å². The molecule has 0 saturated carbocycles. The summed E-state index contributed by atoms with van der Waals surface area (Å²) in [5, 5.41) is 0. The standard InChI is InChI=1S/C13H19NO2/c1-13(2)6-3-4-10-8-14(12(16)9-15)7-5-11(10)13/h4,9,11H,3,5-8H2,1-2H3/t11-/m1/s1. The molecule has 0 radical (unpaired) electrons. The molecule has 1 amide bonds. The van der Waals surface area contributed by atoms with Crippen molar-refractivity contribution in [3.63, 3.8) is 0 Å². The zero-order valence-corrected chi connectivity index (χ0v) is 10.0. The van der Waals surface area contributed by atoms with E-state index in [1.165, 1.54) is 12.0 Å². The van der Waals surface area contributed by atoms with Crippen LogP contribution in [0.2, 0.25) is 0 Å². The zero-order valence-electron chi connectivity index (χ0n) is 10.0. The Morgan fingerprint density at radius 2 is 2.31 bits per heavy atom. The zero-order chi connectivity index (χ0) is 11.8. The van der Waals surface area contributed by atoms with E-state index in [2.05, 4.69) is 19.9 Å². The van der Waals surface area contributed by atoms with Crippen molar-refractivity contribution in [2.45, 2.75) is 33.1 Å². The lowest BCUT2D eigenvalue weighted by Gasteiger charge is -2.44. The Labute approximate surface area is 96.5 Å². The van der Waals surface area contributed by atoms with Gasteiger partial charge < -0.3 is 4.90 Å². The molecule has 16 heavy (non-hydrogen) atoms. The molecule has 0 unspecified atom stereocenters. The van der Waals surface area contributed by atoms with E-state index in [1.54, 1.807) is 4.90 Å². The maximum Gasteiger partial charge on any atom is 0.286 e. The number of carbonyl (C=O) groups excluding carboxylic acids is 2. The molecular weight excluding hydrogens is 202 g/mol. The second-order valence-corrected chi connectivity index (χ2v) is 5.53. The van der Waals surface area contributed by atoms with Gasteiger partial charge in [-0.1, -0.05) is 25.5 Å². The topological polar surface area (TPSA) is 37.4 Å². The van der Waals surface area contributed by atoms with Crippen LogP contribution in [0.1, 0.15) is 33.1 Å². The van der Waals surface area contributed by atoms with Gasteiger partial charge in [-0.25, -0.2) is 0 Å². The molecule has 1 heterocycles. The number of carbonyl (C=O) groups is 2. The Morgan fingerprint density at radius 1 is 1.56 bits per heavy atom. The van der Waals surface area contributed by atoms with Crippen molar-refractivity contribution in [2.75, 3.05) is 13.1 Å². The average Bonchev–Trinajstić information content (AvgIpc) is 2.27. The Hall–Kier alpha value is -1.12. The fraction of sp³-hybridized carbons (Fsp3) is 0.692. The smallest absolute Gasteiger partial charge is 0.286 e. The molecule has 0 spiro atoms. The van der Waals surface area contributed by atoms with Gasteiger partial charge in [0.1, 0.15) is 0 Å². The van der Waals surface area contributed by atoms with E-state index >= 15 is 0 Å². The quantitative estimate of drug-likeness (QED) is 0.384. The minimum atomic E-state index is -0.372. The first-order valence-electron chi connectivity index (χ1n) is 5.97. The third-order valence-corrected chi connectivity index (χ3v) is 4.06. The van der Waals surface area contributed by atoms with E-state index in [9.17, 15) is 9.59 Å². The van der Waals surface area contributed by atoms with E-state index in [0.29, 0.717) is 24.2 Å². The van der Waals surface area contributed by atoms with Crippen LogP contribution in [0.25, 0.3) is 0 Å². The minimum Gasteiger partial charge on any atom is -0.332 e. The van der Waals surface area contributed by atoms with E-state index in [-0.39, 0.29) is 5.91 Å². The summed E-state index contributed by atoms with van der Waals surface area (Å²) in [6, 6.07) is 0. The van der Waals surface area contributed by atoms with Crippen LogP contribution < -0.4 is 0 Å². The number of allylic oxidation sites excluding steroid dienone is 1. The molecule has 0 bridgehead atoms. The number of piperidine rings is 1. The Kier molecular flexibility index (Phi) is 2.87. The van der Waals surface area contributed by atoms with Crippen LogP contribution in [0.4, 0.5) is 0 Å². The second kappa shape index (κ2) is 4.04. The van der Waals surface area contributed by atoms with E-state index in [1.807, 2.05) is 0 Å². The van der Waals surface area contributed by atoms with Gasteiger partial charge in [0.05, 0.1) is 0 Å². The van der Waals surface area contributed by atoms with Gasteiger partial charge in [-0.2, -0.15) is 0 Å². The maximum absolute atomic E-state index is 11.3. The van der Waals surface area contributed by atoms with Gasteiger partial charge in [0, 0.05) is 13.1 Å². The summed E-state index contributed by atoms with van der Waals surface area (Å²) in [7, 11) is 0. The van der Waals surface area contributed by atoms with Crippen molar-refractivity contribution >= 4 is 12.2 Å². The number of hydrogen-bond acceptors (Lipinski definition) is 2. The van der Waals surface area contributed by atoms with Gasteiger partial charge in [0.15, 0.2) is 0 Å². The summed E-state index contributed by atoms with van der Waals surface area (Å²) in [5.41, 5.74) is 1.71. The first-order valence-corrected chi connectivity index (χ1v) is 5.97. The Morgan fingerprint density at radius 3 is 3.00 bits per heavy atom. The number of aldehydes is 1. The molecule has 0 aromatic heterocycles. The lowest BCUT2D eigenvalue weighted by atomic mass is 9.66. The van der Waals surface area contributed by atoms with Crippen molar-refractivity contribution in [3.05, 3.63) is 11.6 Å². The first kappa shape index (κ1) is 11.4. The highest BCUT2D eigenvalue weighted by Crippen LogP contribution is 2.44. The first-order chi connectivity index (χ1) is 7.54. The van der Waals surface area contributed by atoms with Gasteiger partial charge in [-0.3, -0.25) is 9.59 Å². The fourth-order valence-corrected chi connectivity index (χ4v) is 3.05. The number of likely N-dealkylation sites (tertiary alicyclic amines) is 1.